The Hall–Kier alpha value is -4.64. The molecule has 7 heteroatoms. The fourth-order valence-electron chi connectivity index (χ4n) is 4.73. The Balaban J connectivity index is 1.55. The second-order valence-electron chi connectivity index (χ2n) is 9.87. The predicted molar refractivity (Wildman–Crippen MR) is 174 cm³/mol. The Bertz CT molecular complexity index is 1870. The summed E-state index contributed by atoms with van der Waals surface area (Å²) in [7, 11) is -3.08. The Morgan fingerprint density at radius 3 is 1.81 bits per heavy atom. The maximum Gasteiger partial charge on any atom is 0.215 e. The van der Waals surface area contributed by atoms with E-state index >= 15 is 0 Å². The van der Waals surface area contributed by atoms with Crippen LogP contribution in [0.4, 0.5) is 5.69 Å². The largest absolute Gasteiger partial charge is 0.313 e. The minimum absolute atomic E-state index is 0.248. The summed E-state index contributed by atoms with van der Waals surface area (Å²) in [4.78, 5) is 10.7. The van der Waals surface area contributed by atoms with Gasteiger partial charge in [0.1, 0.15) is 5.82 Å². The summed E-state index contributed by atoms with van der Waals surface area (Å²) in [6.45, 7) is 2.06. The Morgan fingerprint density at radius 1 is 0.714 bits per heavy atom. The molecule has 0 amide bonds. The van der Waals surface area contributed by atoms with Gasteiger partial charge in [-0.25, -0.2) is 4.99 Å². The topological polar surface area (TPSA) is 59.6 Å². The third-order valence-corrected chi connectivity index (χ3v) is 10.6. The van der Waals surface area contributed by atoms with Crippen molar-refractivity contribution in [2.45, 2.75) is 13.1 Å². The summed E-state index contributed by atoms with van der Waals surface area (Å²) in [5, 5.41) is 1.60. The van der Waals surface area contributed by atoms with Gasteiger partial charge in [0, 0.05) is 33.4 Å². The Labute approximate surface area is 249 Å². The van der Waals surface area contributed by atoms with Gasteiger partial charge < -0.3 is 4.57 Å². The van der Waals surface area contributed by atoms with Gasteiger partial charge in [0.15, 0.2) is 13.0 Å². The minimum Gasteiger partial charge on any atom is -0.313 e. The molecule has 6 aromatic rings. The van der Waals surface area contributed by atoms with Crippen molar-refractivity contribution in [3.8, 4) is 5.69 Å². The van der Waals surface area contributed by atoms with Crippen LogP contribution >= 0.6 is 18.7 Å². The third kappa shape index (κ3) is 6.01. The highest BCUT2D eigenvalue weighted by molar-refractivity contribution is 7.78. The van der Waals surface area contributed by atoms with E-state index in [4.69, 9.17) is 14.4 Å². The quantitative estimate of drug-likeness (QED) is 0.111. The summed E-state index contributed by atoms with van der Waals surface area (Å²) in [5.74, 6) is 1.26. The second-order valence-corrected chi connectivity index (χ2v) is 13.4. The first-order valence-electron chi connectivity index (χ1n) is 13.7. The van der Waals surface area contributed by atoms with Crippen LogP contribution in [0.3, 0.4) is 0 Å². The molecule has 1 heterocycles. The van der Waals surface area contributed by atoms with Crippen LogP contribution in [0, 0.1) is 6.92 Å². The molecular formula is C35H29N4OPS. The van der Waals surface area contributed by atoms with Crippen LogP contribution in [0.15, 0.2) is 156 Å². The van der Waals surface area contributed by atoms with E-state index in [1.54, 1.807) is 0 Å². The normalized spacial score (nSPS) is 12.4. The minimum atomic E-state index is -3.08. The number of aryl methyl sites for hydroxylation is 1. The van der Waals surface area contributed by atoms with Crippen molar-refractivity contribution in [3.05, 3.63) is 167 Å². The molecule has 0 saturated carbocycles. The second kappa shape index (κ2) is 12.5. The molecule has 0 unspecified atom stereocenters. The van der Waals surface area contributed by atoms with E-state index in [0.717, 1.165) is 33.1 Å². The number of aromatic nitrogens is 2. The molecule has 5 nitrogen and oxygen atoms in total. The van der Waals surface area contributed by atoms with Crippen molar-refractivity contribution in [1.29, 1.82) is 0 Å². The van der Waals surface area contributed by atoms with Crippen LogP contribution < -0.4 is 15.4 Å². The van der Waals surface area contributed by atoms with Gasteiger partial charge in [-0.2, -0.15) is 9.37 Å². The molecule has 5 aromatic carbocycles. The van der Waals surface area contributed by atoms with Crippen LogP contribution in [-0.2, 0) is 10.7 Å². The molecule has 6 rings (SSSR count). The Kier molecular flexibility index (Phi) is 8.18. The summed E-state index contributed by atoms with van der Waals surface area (Å²) >= 11 is 1.28. The molecule has 0 atom stereocenters. The first kappa shape index (κ1) is 27.5. The van der Waals surface area contributed by atoms with Crippen LogP contribution in [0.2, 0.25) is 0 Å². The first-order chi connectivity index (χ1) is 20.6. The monoisotopic (exact) mass is 584 g/mol. The van der Waals surface area contributed by atoms with Gasteiger partial charge in [0.25, 0.3) is 0 Å². The zero-order valence-electron chi connectivity index (χ0n) is 23.1. The van der Waals surface area contributed by atoms with Crippen molar-refractivity contribution in [2.24, 2.45) is 9.98 Å². The molecule has 0 N–H and O–H groups in total. The number of amidine groups is 1. The van der Waals surface area contributed by atoms with Gasteiger partial charge in [-0.1, -0.05) is 127 Å². The fraction of sp³-hybridized carbons (Fsp3) is 0.0571. The van der Waals surface area contributed by atoms with Gasteiger partial charge in [-0.3, -0.25) is 4.57 Å². The first-order valence-corrected chi connectivity index (χ1v) is 16.4. The molecule has 0 spiro atoms. The highest BCUT2D eigenvalue weighted by Crippen LogP contribution is 2.46. The van der Waals surface area contributed by atoms with Gasteiger partial charge in [0.05, 0.1) is 11.8 Å². The van der Waals surface area contributed by atoms with E-state index in [1.165, 1.54) is 11.5 Å². The fourth-order valence-corrected chi connectivity index (χ4v) is 8.16. The molecule has 206 valence electrons. The molecule has 0 fully saturated rings. The number of benzene rings is 5. The van der Waals surface area contributed by atoms with Crippen LogP contribution in [0.5, 0.6) is 0 Å². The SMILES string of the molecule is Cc1ccc(C(=Nc2ccccc2)N=c2snc(CP(=O)(c3ccccc3)c3ccccc3)n2-c2ccccc2)cc1. The molecule has 0 aliphatic carbocycles. The van der Waals surface area contributed by atoms with E-state index < -0.39 is 7.14 Å². The lowest BCUT2D eigenvalue weighted by Crippen LogP contribution is -2.22. The average Bonchev–Trinajstić information content (AvgIpc) is 3.44. The number of rotatable bonds is 7. The highest BCUT2D eigenvalue weighted by Gasteiger charge is 2.30. The van der Waals surface area contributed by atoms with Crippen LogP contribution in [-0.4, -0.2) is 14.8 Å². The number of hydrogen-bond donors (Lipinski definition) is 0. The molecular weight excluding hydrogens is 555 g/mol. The van der Waals surface area contributed by atoms with Gasteiger partial charge in [-0.05, 0) is 31.2 Å². The van der Waals surface area contributed by atoms with E-state index in [2.05, 4.69) is 19.1 Å². The van der Waals surface area contributed by atoms with Crippen LogP contribution in [0.1, 0.15) is 17.0 Å². The molecule has 42 heavy (non-hydrogen) atoms. The molecule has 0 aliphatic rings. The predicted octanol–water partition coefficient (Wildman–Crippen LogP) is 7.44. The summed E-state index contributed by atoms with van der Waals surface area (Å²) < 4.78 is 21.9. The zero-order valence-corrected chi connectivity index (χ0v) is 24.8. The van der Waals surface area contributed by atoms with E-state index in [0.29, 0.717) is 16.5 Å². The summed E-state index contributed by atoms with van der Waals surface area (Å²) in [5.41, 5.74) is 3.77. The van der Waals surface area contributed by atoms with Crippen molar-refractivity contribution >= 4 is 40.8 Å². The smallest absolute Gasteiger partial charge is 0.215 e. The van der Waals surface area contributed by atoms with Crippen LogP contribution in [0.25, 0.3) is 5.69 Å². The van der Waals surface area contributed by atoms with Crippen molar-refractivity contribution in [1.82, 2.24) is 8.94 Å². The van der Waals surface area contributed by atoms with Gasteiger partial charge in [-0.15, -0.1) is 0 Å². The number of hydrogen-bond acceptors (Lipinski definition) is 4. The highest BCUT2D eigenvalue weighted by atomic mass is 32.1. The number of aliphatic imine (C=N–C) groups is 1. The lowest BCUT2D eigenvalue weighted by molar-refractivity contribution is 0.585. The number of para-hydroxylation sites is 2. The summed E-state index contributed by atoms with van der Waals surface area (Å²) in [6.07, 6.45) is 0.248. The maximum absolute atomic E-state index is 15.0. The van der Waals surface area contributed by atoms with E-state index in [1.807, 2.05) is 138 Å². The Morgan fingerprint density at radius 2 is 1.24 bits per heavy atom. The molecule has 1 aromatic heterocycles. The molecule has 0 bridgehead atoms. The maximum atomic E-state index is 15.0. The summed E-state index contributed by atoms with van der Waals surface area (Å²) in [6, 6.07) is 47.4. The third-order valence-electron chi connectivity index (χ3n) is 6.91. The van der Waals surface area contributed by atoms with Gasteiger partial charge >= 0.3 is 0 Å². The lowest BCUT2D eigenvalue weighted by Gasteiger charge is -2.19. The van der Waals surface area contributed by atoms with E-state index in [9.17, 15) is 4.57 Å². The lowest BCUT2D eigenvalue weighted by atomic mass is 10.1. The molecule has 0 radical (unpaired) electrons. The average molecular weight is 585 g/mol. The molecule has 0 aliphatic heterocycles. The van der Waals surface area contributed by atoms with E-state index in [-0.39, 0.29) is 6.16 Å². The van der Waals surface area contributed by atoms with Gasteiger partial charge in [0.2, 0.25) is 4.80 Å². The van der Waals surface area contributed by atoms with Crippen molar-refractivity contribution < 1.29 is 4.57 Å². The zero-order chi connectivity index (χ0) is 28.8. The van der Waals surface area contributed by atoms with Crippen molar-refractivity contribution in [3.63, 3.8) is 0 Å². The molecule has 0 saturated heterocycles. The number of nitrogens with zero attached hydrogens (tertiary/aromatic N) is 4. The van der Waals surface area contributed by atoms with Crippen molar-refractivity contribution in [2.75, 3.05) is 0 Å². The standard InChI is InChI=1S/C35H29N4OPS/c1-27-22-24-28(25-23-27)34(36-29-14-6-2-7-15-29)37-35-39(30-16-8-3-9-17-30)33(38-42-35)26-41(40,31-18-10-4-11-19-31)32-20-12-5-13-21-32/h2-25H,26H2,1H3.